The van der Waals surface area contributed by atoms with Crippen LogP contribution in [-0.2, 0) is 0 Å². The number of halogens is 1. The summed E-state index contributed by atoms with van der Waals surface area (Å²) in [7, 11) is 0. The number of amides is 1. The van der Waals surface area contributed by atoms with Gasteiger partial charge in [0, 0.05) is 23.3 Å². The number of piperidine rings is 1. The monoisotopic (exact) mass is 296 g/mol. The van der Waals surface area contributed by atoms with Crippen molar-refractivity contribution in [2.24, 2.45) is 5.92 Å². The first-order valence-electron chi connectivity index (χ1n) is 6.40. The van der Waals surface area contributed by atoms with Crippen molar-refractivity contribution >= 4 is 21.8 Å². The minimum atomic E-state index is 0.173. The van der Waals surface area contributed by atoms with E-state index in [4.69, 9.17) is 0 Å². The summed E-state index contributed by atoms with van der Waals surface area (Å²) < 4.78 is 0.945. The molecule has 2 heterocycles. The molecule has 3 rings (SSSR count). The minimum Gasteiger partial charge on any atom is -0.356 e. The third-order valence-corrected chi connectivity index (χ3v) is 4.59. The van der Waals surface area contributed by atoms with Gasteiger partial charge in [-0.15, -0.1) is 0 Å². The fourth-order valence-corrected chi connectivity index (χ4v) is 3.70. The largest absolute Gasteiger partial charge is 0.356 e. The van der Waals surface area contributed by atoms with Crippen molar-refractivity contribution in [1.82, 2.24) is 9.88 Å². The third-order valence-electron chi connectivity index (χ3n) is 4.13. The highest BCUT2D eigenvalue weighted by Gasteiger charge is 2.37. The molecule has 92 valence electrons. The second kappa shape index (κ2) is 4.48. The predicted octanol–water partition coefficient (Wildman–Crippen LogP) is 3.18. The molecule has 1 aromatic heterocycles. The highest BCUT2D eigenvalue weighted by molar-refractivity contribution is 9.10. The zero-order valence-corrected chi connectivity index (χ0v) is 11.4. The molecule has 2 atom stereocenters. The number of carbonyl (C=O) groups excluding carboxylic acids is 1. The summed E-state index contributed by atoms with van der Waals surface area (Å²) in [6.45, 7) is 0.927. The lowest BCUT2D eigenvalue weighted by Crippen LogP contribution is -2.46. The molecule has 0 aromatic carbocycles. The highest BCUT2D eigenvalue weighted by atomic mass is 79.9. The van der Waals surface area contributed by atoms with Crippen LogP contribution in [0.5, 0.6) is 0 Å². The molecule has 1 saturated carbocycles. The molecule has 1 amide bonds. The van der Waals surface area contributed by atoms with Gasteiger partial charge in [0.05, 0.1) is 0 Å². The van der Waals surface area contributed by atoms with E-state index in [1.807, 2.05) is 12.3 Å². The third kappa shape index (κ3) is 2.03. The molecule has 1 aliphatic heterocycles. The van der Waals surface area contributed by atoms with Gasteiger partial charge in [0.1, 0.15) is 5.69 Å². The number of hydrogen-bond donors (Lipinski definition) is 1. The Labute approximate surface area is 110 Å². The summed E-state index contributed by atoms with van der Waals surface area (Å²) in [6.07, 6.45) is 8.08. The molecule has 2 fully saturated rings. The van der Waals surface area contributed by atoms with E-state index in [-0.39, 0.29) is 5.91 Å². The first-order valence-corrected chi connectivity index (χ1v) is 7.20. The molecule has 0 bridgehead atoms. The van der Waals surface area contributed by atoms with Crippen molar-refractivity contribution < 1.29 is 4.79 Å². The van der Waals surface area contributed by atoms with Crippen LogP contribution in [-0.4, -0.2) is 28.4 Å². The fourth-order valence-electron chi connectivity index (χ4n) is 3.35. The van der Waals surface area contributed by atoms with Gasteiger partial charge in [0.15, 0.2) is 0 Å². The summed E-state index contributed by atoms with van der Waals surface area (Å²) in [5, 5.41) is 0. The Hall–Kier alpha value is -0.770. The summed E-state index contributed by atoms with van der Waals surface area (Å²) in [4.78, 5) is 17.6. The van der Waals surface area contributed by atoms with Gasteiger partial charge in [-0.05, 0) is 53.6 Å². The number of nitrogens with one attached hydrogen (secondary N) is 1. The van der Waals surface area contributed by atoms with Crippen molar-refractivity contribution in [1.29, 1.82) is 0 Å². The second-order valence-electron chi connectivity index (χ2n) is 5.13. The quantitative estimate of drug-likeness (QED) is 0.849. The first-order chi connectivity index (χ1) is 8.25. The van der Waals surface area contributed by atoms with Crippen LogP contribution in [0.3, 0.4) is 0 Å². The van der Waals surface area contributed by atoms with Crippen LogP contribution in [0.1, 0.15) is 42.6 Å². The van der Waals surface area contributed by atoms with Crippen molar-refractivity contribution in [2.45, 2.75) is 38.1 Å². The van der Waals surface area contributed by atoms with E-state index in [2.05, 4.69) is 25.8 Å². The van der Waals surface area contributed by atoms with Gasteiger partial charge in [-0.3, -0.25) is 4.79 Å². The van der Waals surface area contributed by atoms with E-state index in [0.29, 0.717) is 11.7 Å². The maximum atomic E-state index is 12.4. The summed E-state index contributed by atoms with van der Waals surface area (Å²) in [6, 6.07) is 2.37. The Morgan fingerprint density at radius 2 is 2.18 bits per heavy atom. The number of carbonyl (C=O) groups is 1. The Morgan fingerprint density at radius 3 is 2.94 bits per heavy atom. The molecule has 17 heavy (non-hydrogen) atoms. The van der Waals surface area contributed by atoms with Crippen molar-refractivity contribution in [2.75, 3.05) is 6.54 Å². The molecule has 1 N–H and O–H groups in total. The zero-order valence-electron chi connectivity index (χ0n) is 9.79. The fraction of sp³-hybridized carbons (Fsp3) is 0.615. The maximum absolute atomic E-state index is 12.4. The average Bonchev–Trinajstić information content (AvgIpc) is 2.95. The number of likely N-dealkylation sites (tertiary alicyclic amines) is 1. The Morgan fingerprint density at radius 1 is 1.35 bits per heavy atom. The normalized spacial score (nSPS) is 28.2. The van der Waals surface area contributed by atoms with E-state index >= 15 is 0 Å². The number of fused-ring (bicyclic) bond motifs is 1. The van der Waals surface area contributed by atoms with Crippen LogP contribution in [0.2, 0.25) is 0 Å². The zero-order chi connectivity index (χ0) is 11.8. The molecule has 2 aliphatic rings. The molecule has 3 nitrogen and oxygen atoms in total. The number of aromatic nitrogens is 1. The highest BCUT2D eigenvalue weighted by Crippen LogP contribution is 2.37. The van der Waals surface area contributed by atoms with Gasteiger partial charge < -0.3 is 9.88 Å². The van der Waals surface area contributed by atoms with Crippen LogP contribution in [0, 0.1) is 5.92 Å². The Balaban J connectivity index is 1.81. The van der Waals surface area contributed by atoms with E-state index < -0.39 is 0 Å². The second-order valence-corrected chi connectivity index (χ2v) is 6.05. The average molecular weight is 297 g/mol. The van der Waals surface area contributed by atoms with Gasteiger partial charge in [-0.25, -0.2) is 0 Å². The van der Waals surface area contributed by atoms with E-state index in [1.54, 1.807) is 0 Å². The van der Waals surface area contributed by atoms with Crippen molar-refractivity contribution in [3.05, 3.63) is 22.4 Å². The van der Waals surface area contributed by atoms with Gasteiger partial charge in [0.2, 0.25) is 0 Å². The van der Waals surface area contributed by atoms with Crippen molar-refractivity contribution in [3.8, 4) is 0 Å². The van der Waals surface area contributed by atoms with Crippen molar-refractivity contribution in [3.63, 3.8) is 0 Å². The summed E-state index contributed by atoms with van der Waals surface area (Å²) >= 11 is 3.38. The lowest BCUT2D eigenvalue weighted by Gasteiger charge is -2.37. The van der Waals surface area contributed by atoms with E-state index in [9.17, 15) is 4.79 Å². The molecule has 1 aliphatic carbocycles. The number of H-pyrrole nitrogens is 1. The summed E-state index contributed by atoms with van der Waals surface area (Å²) in [5.74, 6) is 0.929. The van der Waals surface area contributed by atoms with Gasteiger partial charge in [-0.1, -0.05) is 6.42 Å². The molecule has 0 spiro atoms. The number of hydrogen-bond acceptors (Lipinski definition) is 1. The number of nitrogens with zero attached hydrogens (tertiary/aromatic N) is 1. The topological polar surface area (TPSA) is 36.1 Å². The van der Waals surface area contributed by atoms with Crippen LogP contribution in [0.25, 0.3) is 0 Å². The van der Waals surface area contributed by atoms with Crippen LogP contribution < -0.4 is 0 Å². The molecular weight excluding hydrogens is 280 g/mol. The molecule has 2 unspecified atom stereocenters. The van der Waals surface area contributed by atoms with Crippen LogP contribution in [0.4, 0.5) is 0 Å². The van der Waals surface area contributed by atoms with E-state index in [1.165, 1.54) is 25.7 Å². The molecule has 4 heteroatoms. The molecule has 1 aromatic rings. The predicted molar refractivity (Wildman–Crippen MR) is 69.9 cm³/mol. The van der Waals surface area contributed by atoms with Crippen LogP contribution >= 0.6 is 15.9 Å². The Kier molecular flexibility index (Phi) is 2.99. The smallest absolute Gasteiger partial charge is 0.270 e. The summed E-state index contributed by atoms with van der Waals surface area (Å²) in [5.41, 5.74) is 0.712. The first kappa shape index (κ1) is 11.3. The number of rotatable bonds is 1. The number of aromatic amines is 1. The standard InChI is InChI=1S/C13H17BrN2O/c14-10-7-11(15-8-10)13(17)16-6-2-4-9-3-1-5-12(9)16/h7-9,12,15H,1-6H2. The SMILES string of the molecule is O=C(c1cc(Br)c[nH]1)N1CCCC2CCCC21. The lowest BCUT2D eigenvalue weighted by molar-refractivity contribution is 0.0543. The van der Waals surface area contributed by atoms with E-state index in [0.717, 1.165) is 23.4 Å². The van der Waals surface area contributed by atoms with Crippen LogP contribution in [0.15, 0.2) is 16.7 Å². The van der Waals surface area contributed by atoms with Gasteiger partial charge >= 0.3 is 0 Å². The maximum Gasteiger partial charge on any atom is 0.270 e. The lowest BCUT2D eigenvalue weighted by atomic mass is 9.92. The molecule has 0 radical (unpaired) electrons. The molecule has 1 saturated heterocycles. The van der Waals surface area contributed by atoms with Gasteiger partial charge in [-0.2, -0.15) is 0 Å². The Bertz CT molecular complexity index is 429. The van der Waals surface area contributed by atoms with Gasteiger partial charge in [0.25, 0.3) is 5.91 Å². The minimum absolute atomic E-state index is 0.173. The molecular formula is C13H17BrN2O.